The van der Waals surface area contributed by atoms with Crippen molar-refractivity contribution in [1.82, 2.24) is 10.0 Å². The van der Waals surface area contributed by atoms with Gasteiger partial charge in [0.15, 0.2) is 0 Å². The Morgan fingerprint density at radius 2 is 2.14 bits per heavy atom. The first-order chi connectivity index (χ1) is 6.52. The molecule has 84 valence electrons. The van der Waals surface area contributed by atoms with Crippen LogP contribution < -0.4 is 10.0 Å². The SMILES string of the molecule is CNS(=O)(=O)CCNC(=O)OCCO. The van der Waals surface area contributed by atoms with Crippen molar-refractivity contribution in [1.29, 1.82) is 0 Å². The van der Waals surface area contributed by atoms with Crippen LogP contribution in [-0.2, 0) is 14.8 Å². The van der Waals surface area contributed by atoms with E-state index in [-0.39, 0.29) is 25.5 Å². The van der Waals surface area contributed by atoms with E-state index in [0.717, 1.165) is 0 Å². The molecule has 0 heterocycles. The Balaban J connectivity index is 3.59. The predicted octanol–water partition coefficient (Wildman–Crippen LogP) is -1.75. The zero-order valence-corrected chi connectivity index (χ0v) is 8.63. The molecular formula is C6H14N2O5S. The lowest BCUT2D eigenvalue weighted by molar-refractivity contribution is 0.119. The van der Waals surface area contributed by atoms with Gasteiger partial charge in [0.05, 0.1) is 12.4 Å². The molecule has 0 aromatic rings. The first kappa shape index (κ1) is 13.1. The highest BCUT2D eigenvalue weighted by Crippen LogP contribution is 1.81. The fraction of sp³-hybridized carbons (Fsp3) is 0.833. The van der Waals surface area contributed by atoms with Crippen LogP contribution in [0.3, 0.4) is 0 Å². The highest BCUT2D eigenvalue weighted by molar-refractivity contribution is 7.89. The van der Waals surface area contributed by atoms with E-state index in [9.17, 15) is 13.2 Å². The molecule has 0 aromatic heterocycles. The molecule has 1 amide bonds. The highest BCUT2D eigenvalue weighted by atomic mass is 32.2. The molecule has 3 N–H and O–H groups in total. The van der Waals surface area contributed by atoms with Gasteiger partial charge in [0.25, 0.3) is 0 Å². The number of nitrogens with one attached hydrogen (secondary N) is 2. The van der Waals surface area contributed by atoms with Gasteiger partial charge in [-0.25, -0.2) is 17.9 Å². The fourth-order valence-corrected chi connectivity index (χ4v) is 1.15. The molecule has 0 spiro atoms. The van der Waals surface area contributed by atoms with Gasteiger partial charge in [0.1, 0.15) is 6.61 Å². The second-order valence-corrected chi connectivity index (χ2v) is 4.36. The summed E-state index contributed by atoms with van der Waals surface area (Å²) in [6.07, 6.45) is -0.745. The maximum Gasteiger partial charge on any atom is 0.407 e. The lowest BCUT2D eigenvalue weighted by Gasteiger charge is -2.05. The van der Waals surface area contributed by atoms with E-state index in [0.29, 0.717) is 0 Å². The summed E-state index contributed by atoms with van der Waals surface area (Å²) in [6, 6.07) is 0. The number of aliphatic hydroxyl groups is 1. The lowest BCUT2D eigenvalue weighted by Crippen LogP contribution is -2.33. The summed E-state index contributed by atoms with van der Waals surface area (Å²) in [7, 11) is -2.01. The molecule has 0 aliphatic heterocycles. The van der Waals surface area contributed by atoms with E-state index in [1.807, 2.05) is 0 Å². The van der Waals surface area contributed by atoms with Gasteiger partial charge < -0.3 is 15.2 Å². The normalized spacial score (nSPS) is 11.0. The number of carbonyl (C=O) groups is 1. The van der Waals surface area contributed by atoms with Crippen LogP contribution in [0.1, 0.15) is 0 Å². The average molecular weight is 226 g/mol. The number of sulfonamides is 1. The minimum atomic E-state index is -3.31. The van der Waals surface area contributed by atoms with E-state index < -0.39 is 16.1 Å². The summed E-state index contributed by atoms with van der Waals surface area (Å²) in [6.45, 7) is -0.402. The summed E-state index contributed by atoms with van der Waals surface area (Å²) >= 11 is 0. The zero-order valence-electron chi connectivity index (χ0n) is 7.82. The molecule has 0 radical (unpaired) electrons. The summed E-state index contributed by atoms with van der Waals surface area (Å²) < 4.78 is 28.2. The molecule has 0 atom stereocenters. The van der Waals surface area contributed by atoms with Crippen LogP contribution in [0.5, 0.6) is 0 Å². The number of aliphatic hydroxyl groups excluding tert-OH is 1. The third-order valence-corrected chi connectivity index (χ3v) is 2.64. The van der Waals surface area contributed by atoms with E-state index in [2.05, 4.69) is 14.8 Å². The van der Waals surface area contributed by atoms with E-state index in [4.69, 9.17) is 5.11 Å². The molecule has 0 unspecified atom stereocenters. The summed E-state index contributed by atoms with van der Waals surface area (Å²) in [4.78, 5) is 10.7. The van der Waals surface area contributed by atoms with Crippen LogP contribution in [0.4, 0.5) is 4.79 Å². The Bertz CT molecular complexity index is 263. The van der Waals surface area contributed by atoms with Gasteiger partial charge in [-0.3, -0.25) is 0 Å². The molecule has 0 rings (SSSR count). The number of rotatable bonds is 6. The van der Waals surface area contributed by atoms with Crippen molar-refractivity contribution in [3.8, 4) is 0 Å². The molecular weight excluding hydrogens is 212 g/mol. The minimum absolute atomic E-state index is 0.0343. The Hall–Kier alpha value is -0.860. The van der Waals surface area contributed by atoms with Crippen molar-refractivity contribution in [2.45, 2.75) is 0 Å². The minimum Gasteiger partial charge on any atom is -0.447 e. The molecule has 0 fully saturated rings. The van der Waals surface area contributed by atoms with Crippen LogP contribution in [-0.4, -0.2) is 52.2 Å². The maximum absolute atomic E-state index is 10.9. The molecule has 0 bridgehead atoms. The first-order valence-corrected chi connectivity index (χ1v) is 5.60. The van der Waals surface area contributed by atoms with Gasteiger partial charge in [0.2, 0.25) is 10.0 Å². The largest absolute Gasteiger partial charge is 0.447 e. The monoisotopic (exact) mass is 226 g/mol. The standard InChI is InChI=1S/C6H14N2O5S/c1-7-14(11,12)5-2-8-6(10)13-4-3-9/h7,9H,2-5H2,1H3,(H,8,10). The molecule has 0 saturated heterocycles. The van der Waals surface area contributed by atoms with Crippen molar-refractivity contribution >= 4 is 16.1 Å². The van der Waals surface area contributed by atoms with Gasteiger partial charge in [-0.05, 0) is 7.05 Å². The van der Waals surface area contributed by atoms with Crippen molar-refractivity contribution in [2.75, 3.05) is 32.6 Å². The second-order valence-electron chi connectivity index (χ2n) is 2.31. The van der Waals surface area contributed by atoms with Gasteiger partial charge in [-0.1, -0.05) is 0 Å². The lowest BCUT2D eigenvalue weighted by atomic mass is 10.7. The maximum atomic E-state index is 10.9. The van der Waals surface area contributed by atoms with Crippen LogP contribution >= 0.6 is 0 Å². The summed E-state index contributed by atoms with van der Waals surface area (Å²) in [5, 5.41) is 10.5. The van der Waals surface area contributed by atoms with Crippen LogP contribution in [0.15, 0.2) is 0 Å². The van der Waals surface area contributed by atoms with Crippen molar-refractivity contribution in [3.63, 3.8) is 0 Å². The van der Waals surface area contributed by atoms with Gasteiger partial charge in [-0.15, -0.1) is 0 Å². The molecule has 0 saturated carbocycles. The van der Waals surface area contributed by atoms with Gasteiger partial charge in [-0.2, -0.15) is 0 Å². The van der Waals surface area contributed by atoms with Crippen molar-refractivity contribution in [2.24, 2.45) is 0 Å². The third kappa shape index (κ3) is 6.63. The quantitative estimate of drug-likeness (QED) is 0.498. The zero-order chi connectivity index (χ0) is 11.0. The van der Waals surface area contributed by atoms with E-state index in [1.54, 1.807) is 0 Å². The van der Waals surface area contributed by atoms with Crippen LogP contribution in [0.25, 0.3) is 0 Å². The highest BCUT2D eigenvalue weighted by Gasteiger charge is 2.07. The number of hydrogen-bond donors (Lipinski definition) is 3. The predicted molar refractivity (Wildman–Crippen MR) is 49.3 cm³/mol. The van der Waals surface area contributed by atoms with Gasteiger partial charge in [0, 0.05) is 6.54 Å². The van der Waals surface area contributed by atoms with Crippen molar-refractivity contribution in [3.05, 3.63) is 0 Å². The summed E-state index contributed by atoms with van der Waals surface area (Å²) in [5.41, 5.74) is 0. The molecule has 0 aliphatic carbocycles. The number of hydrogen-bond acceptors (Lipinski definition) is 5. The number of amides is 1. The number of alkyl carbamates (subject to hydrolysis) is 1. The molecule has 14 heavy (non-hydrogen) atoms. The Kier molecular flexibility index (Phi) is 6.17. The Labute approximate surface area is 82.5 Å². The molecule has 0 aliphatic rings. The second kappa shape index (κ2) is 6.57. The number of carbonyl (C=O) groups excluding carboxylic acids is 1. The van der Waals surface area contributed by atoms with Crippen molar-refractivity contribution < 1.29 is 23.1 Å². The molecule has 0 aromatic carbocycles. The van der Waals surface area contributed by atoms with E-state index in [1.165, 1.54) is 7.05 Å². The van der Waals surface area contributed by atoms with E-state index >= 15 is 0 Å². The average Bonchev–Trinajstić information content (AvgIpc) is 2.14. The molecule has 8 heteroatoms. The molecule has 7 nitrogen and oxygen atoms in total. The smallest absolute Gasteiger partial charge is 0.407 e. The third-order valence-electron chi connectivity index (χ3n) is 1.28. The summed E-state index contributed by atoms with van der Waals surface area (Å²) in [5.74, 6) is -0.211. The Morgan fingerprint density at radius 3 is 2.64 bits per heavy atom. The number of ether oxygens (including phenoxy) is 1. The Morgan fingerprint density at radius 1 is 1.50 bits per heavy atom. The van der Waals surface area contributed by atoms with Crippen LogP contribution in [0, 0.1) is 0 Å². The first-order valence-electron chi connectivity index (χ1n) is 3.94. The fourth-order valence-electron chi connectivity index (χ4n) is 0.579. The topological polar surface area (TPSA) is 105 Å². The van der Waals surface area contributed by atoms with Crippen LogP contribution in [0.2, 0.25) is 0 Å². The van der Waals surface area contributed by atoms with Gasteiger partial charge >= 0.3 is 6.09 Å².